The lowest BCUT2D eigenvalue weighted by Gasteiger charge is -2.41. The number of hydrogen-bond donors (Lipinski definition) is 2. The SMILES string of the molecule is CCC(=O)OC(Cc1ccccc1)(c1ccccc1)C(C)CN(C)C(=O)CCCONCc1ccc(C(=O)O)cc1. The second-order valence-electron chi connectivity index (χ2n) is 10.2. The summed E-state index contributed by atoms with van der Waals surface area (Å²) in [6, 6.07) is 26.3. The Morgan fingerprint density at radius 2 is 1.56 bits per heavy atom. The van der Waals surface area contributed by atoms with Crippen molar-refractivity contribution in [3.05, 3.63) is 107 Å². The highest BCUT2D eigenvalue weighted by Crippen LogP contribution is 2.38. The predicted octanol–water partition coefficient (Wildman–Crippen LogP) is 5.37. The van der Waals surface area contributed by atoms with Crippen molar-refractivity contribution in [1.82, 2.24) is 10.4 Å². The van der Waals surface area contributed by atoms with Crippen molar-refractivity contribution < 1.29 is 29.1 Å². The van der Waals surface area contributed by atoms with E-state index in [1.165, 1.54) is 0 Å². The first-order valence-electron chi connectivity index (χ1n) is 14.0. The molecule has 3 aromatic carbocycles. The van der Waals surface area contributed by atoms with Crippen LogP contribution < -0.4 is 5.48 Å². The van der Waals surface area contributed by atoms with Gasteiger partial charge in [-0.05, 0) is 35.2 Å². The first-order chi connectivity index (χ1) is 19.7. The minimum absolute atomic E-state index is 0.0202. The van der Waals surface area contributed by atoms with Crippen molar-refractivity contribution >= 4 is 17.8 Å². The van der Waals surface area contributed by atoms with Crippen molar-refractivity contribution in [2.24, 2.45) is 5.92 Å². The molecule has 2 N–H and O–H groups in total. The van der Waals surface area contributed by atoms with E-state index in [0.29, 0.717) is 39.0 Å². The van der Waals surface area contributed by atoms with Crippen LogP contribution in [0, 0.1) is 5.92 Å². The molecule has 3 rings (SSSR count). The lowest BCUT2D eigenvalue weighted by molar-refractivity contribution is -0.168. The molecular weight excluding hydrogens is 520 g/mol. The van der Waals surface area contributed by atoms with Crippen LogP contribution in [0.5, 0.6) is 0 Å². The van der Waals surface area contributed by atoms with Crippen LogP contribution in [0.15, 0.2) is 84.9 Å². The Hall–Kier alpha value is -4.01. The van der Waals surface area contributed by atoms with Crippen molar-refractivity contribution in [2.75, 3.05) is 20.2 Å². The minimum Gasteiger partial charge on any atom is -0.478 e. The summed E-state index contributed by atoms with van der Waals surface area (Å²) in [5.41, 5.74) is 4.97. The molecule has 0 aliphatic carbocycles. The number of hydroxylamine groups is 1. The maximum atomic E-state index is 13.0. The second-order valence-corrected chi connectivity index (χ2v) is 10.2. The van der Waals surface area contributed by atoms with Crippen LogP contribution in [-0.2, 0) is 37.7 Å². The molecule has 1 amide bonds. The molecule has 41 heavy (non-hydrogen) atoms. The van der Waals surface area contributed by atoms with Crippen molar-refractivity contribution in [3.63, 3.8) is 0 Å². The van der Waals surface area contributed by atoms with Gasteiger partial charge in [-0.25, -0.2) is 4.79 Å². The largest absolute Gasteiger partial charge is 0.478 e. The number of aromatic carboxylic acids is 1. The Labute approximate surface area is 242 Å². The molecule has 0 aliphatic heterocycles. The van der Waals surface area contributed by atoms with E-state index in [1.807, 2.05) is 67.6 Å². The third kappa shape index (κ3) is 9.27. The summed E-state index contributed by atoms with van der Waals surface area (Å²) in [5.74, 6) is -1.46. The number of benzene rings is 3. The van der Waals surface area contributed by atoms with E-state index >= 15 is 0 Å². The average Bonchev–Trinajstić information content (AvgIpc) is 2.99. The molecule has 0 bridgehead atoms. The molecule has 8 nitrogen and oxygen atoms in total. The van der Waals surface area contributed by atoms with Gasteiger partial charge in [-0.15, -0.1) is 0 Å². The molecule has 2 atom stereocenters. The van der Waals surface area contributed by atoms with Crippen LogP contribution in [0.1, 0.15) is 60.2 Å². The van der Waals surface area contributed by atoms with E-state index in [0.717, 1.165) is 16.7 Å². The summed E-state index contributed by atoms with van der Waals surface area (Å²) in [7, 11) is 1.78. The van der Waals surface area contributed by atoms with E-state index in [1.54, 1.807) is 43.1 Å². The number of amides is 1. The van der Waals surface area contributed by atoms with Gasteiger partial charge in [0.05, 0.1) is 12.2 Å². The molecule has 0 aliphatic rings. The van der Waals surface area contributed by atoms with Gasteiger partial charge in [0, 0.05) is 45.3 Å². The van der Waals surface area contributed by atoms with Crippen molar-refractivity contribution in [2.45, 2.75) is 51.7 Å². The monoisotopic (exact) mass is 560 g/mol. The molecule has 0 aromatic heterocycles. The third-order valence-corrected chi connectivity index (χ3v) is 7.14. The summed E-state index contributed by atoms with van der Waals surface area (Å²) >= 11 is 0. The molecule has 0 radical (unpaired) electrons. The van der Waals surface area contributed by atoms with Gasteiger partial charge in [0.2, 0.25) is 5.91 Å². The fourth-order valence-electron chi connectivity index (χ4n) is 4.77. The number of carbonyl (C=O) groups is 3. The first kappa shape index (κ1) is 31.5. The number of nitrogens with one attached hydrogen (secondary N) is 1. The first-order valence-corrected chi connectivity index (χ1v) is 14.0. The van der Waals surface area contributed by atoms with Crippen LogP contribution in [0.25, 0.3) is 0 Å². The molecule has 0 saturated heterocycles. The van der Waals surface area contributed by atoms with Gasteiger partial charge in [0.25, 0.3) is 0 Å². The number of carbonyl (C=O) groups excluding carboxylic acids is 2. The molecule has 3 aromatic rings. The summed E-state index contributed by atoms with van der Waals surface area (Å²) in [6.45, 7) is 4.98. The van der Waals surface area contributed by atoms with E-state index in [4.69, 9.17) is 14.7 Å². The van der Waals surface area contributed by atoms with Gasteiger partial charge < -0.3 is 19.6 Å². The minimum atomic E-state index is -0.964. The maximum absolute atomic E-state index is 13.0. The Bertz CT molecular complexity index is 1250. The molecular formula is C33H40N2O6. The number of hydrogen-bond acceptors (Lipinski definition) is 6. The predicted molar refractivity (Wildman–Crippen MR) is 157 cm³/mol. The Balaban J connectivity index is 1.58. The van der Waals surface area contributed by atoms with Crippen LogP contribution >= 0.6 is 0 Å². The van der Waals surface area contributed by atoms with Gasteiger partial charge in [-0.3, -0.25) is 9.59 Å². The Kier molecular flexibility index (Phi) is 12.1. The van der Waals surface area contributed by atoms with Crippen LogP contribution in [0.4, 0.5) is 0 Å². The zero-order chi connectivity index (χ0) is 29.7. The zero-order valence-corrected chi connectivity index (χ0v) is 24.0. The molecule has 0 spiro atoms. The van der Waals surface area contributed by atoms with E-state index in [2.05, 4.69) is 5.48 Å². The van der Waals surface area contributed by atoms with Gasteiger partial charge >= 0.3 is 11.9 Å². The number of nitrogens with zero attached hydrogens (tertiary/aromatic N) is 1. The van der Waals surface area contributed by atoms with Gasteiger partial charge in [-0.1, -0.05) is 86.6 Å². The highest BCUT2D eigenvalue weighted by atomic mass is 16.6. The number of rotatable bonds is 16. The van der Waals surface area contributed by atoms with Gasteiger partial charge in [0.1, 0.15) is 5.60 Å². The molecule has 0 saturated carbocycles. The van der Waals surface area contributed by atoms with Gasteiger partial charge in [0.15, 0.2) is 0 Å². The molecule has 218 valence electrons. The van der Waals surface area contributed by atoms with E-state index in [9.17, 15) is 14.4 Å². The molecule has 0 heterocycles. The van der Waals surface area contributed by atoms with Gasteiger partial charge in [-0.2, -0.15) is 5.48 Å². The number of ether oxygens (including phenoxy) is 1. The second kappa shape index (κ2) is 15.7. The van der Waals surface area contributed by atoms with E-state index < -0.39 is 11.6 Å². The summed E-state index contributed by atoms with van der Waals surface area (Å²) in [6.07, 6.45) is 1.59. The van der Waals surface area contributed by atoms with Crippen LogP contribution in [0.2, 0.25) is 0 Å². The number of carboxylic acids is 1. The van der Waals surface area contributed by atoms with Crippen LogP contribution in [-0.4, -0.2) is 48.1 Å². The quantitative estimate of drug-likeness (QED) is 0.138. The highest BCUT2D eigenvalue weighted by Gasteiger charge is 2.42. The number of carboxylic acid groups (broad SMARTS) is 1. The lowest BCUT2D eigenvalue weighted by atomic mass is 9.77. The Morgan fingerprint density at radius 1 is 0.927 bits per heavy atom. The third-order valence-electron chi connectivity index (χ3n) is 7.14. The zero-order valence-electron chi connectivity index (χ0n) is 24.0. The van der Waals surface area contributed by atoms with Crippen molar-refractivity contribution in [3.8, 4) is 0 Å². The van der Waals surface area contributed by atoms with E-state index in [-0.39, 0.29) is 29.8 Å². The summed E-state index contributed by atoms with van der Waals surface area (Å²) < 4.78 is 6.27. The standard InChI is InChI=1S/C33H40N2O6/c1-4-31(37)41-33(29-14-9-6-10-15-29,22-26-12-7-5-8-13-26)25(2)24-35(3)30(36)16-11-21-40-34-23-27-17-19-28(20-18-27)32(38)39/h5-10,12-15,17-20,25,34H,4,11,16,21-24H2,1-3H3,(H,38,39). The van der Waals surface area contributed by atoms with Crippen molar-refractivity contribution in [1.29, 1.82) is 0 Å². The number of esters is 1. The fraction of sp³-hybridized carbons (Fsp3) is 0.364. The molecule has 0 fully saturated rings. The normalized spacial score (nSPS) is 13.1. The fourth-order valence-corrected chi connectivity index (χ4v) is 4.77. The van der Waals surface area contributed by atoms with Crippen LogP contribution in [0.3, 0.4) is 0 Å². The summed E-state index contributed by atoms with van der Waals surface area (Å²) in [5, 5.41) is 8.99. The smallest absolute Gasteiger partial charge is 0.335 e. The Morgan fingerprint density at radius 3 is 2.17 bits per heavy atom. The lowest BCUT2D eigenvalue weighted by Crippen LogP contribution is -2.46. The average molecular weight is 561 g/mol. The molecule has 2 unspecified atom stereocenters. The molecule has 8 heteroatoms. The highest BCUT2D eigenvalue weighted by molar-refractivity contribution is 5.87. The summed E-state index contributed by atoms with van der Waals surface area (Å²) in [4.78, 5) is 43.9. The maximum Gasteiger partial charge on any atom is 0.335 e. The topological polar surface area (TPSA) is 105 Å².